The van der Waals surface area contributed by atoms with E-state index >= 15 is 0 Å². The summed E-state index contributed by atoms with van der Waals surface area (Å²) >= 11 is 1.21. The van der Waals surface area contributed by atoms with E-state index in [-0.39, 0.29) is 36.0 Å². The number of rotatable bonds is 7. The van der Waals surface area contributed by atoms with Gasteiger partial charge in [0.05, 0.1) is 24.8 Å². The molecule has 1 aromatic heterocycles. The summed E-state index contributed by atoms with van der Waals surface area (Å²) in [5.41, 5.74) is 1.00. The number of benzene rings is 1. The van der Waals surface area contributed by atoms with Gasteiger partial charge >= 0.3 is 0 Å². The Hall–Kier alpha value is -2.94. The van der Waals surface area contributed by atoms with Crippen molar-refractivity contribution in [3.8, 4) is 11.5 Å². The normalized spacial score (nSPS) is 14.6. The molecule has 0 aliphatic heterocycles. The Kier molecular flexibility index (Phi) is 6.40. The molecule has 3 rings (SSSR count). The topological polar surface area (TPSA) is 107 Å². The van der Waals surface area contributed by atoms with E-state index in [1.54, 1.807) is 18.2 Å². The number of nitrogens with zero attached hydrogens (tertiary/aromatic N) is 1. The van der Waals surface area contributed by atoms with Crippen molar-refractivity contribution in [2.24, 2.45) is 5.41 Å². The molecule has 30 heavy (non-hydrogen) atoms. The third-order valence-electron chi connectivity index (χ3n) is 4.73. The third kappa shape index (κ3) is 5.15. The van der Waals surface area contributed by atoms with Crippen molar-refractivity contribution < 1.29 is 23.9 Å². The molecule has 1 aromatic carbocycles. The van der Waals surface area contributed by atoms with Crippen molar-refractivity contribution in [3.05, 3.63) is 34.3 Å². The first-order valence-electron chi connectivity index (χ1n) is 9.55. The maximum Gasteiger partial charge on any atom is 0.251 e. The summed E-state index contributed by atoms with van der Waals surface area (Å²) in [6, 6.07) is 4.86. The highest BCUT2D eigenvalue weighted by molar-refractivity contribution is 7.17. The minimum atomic E-state index is -0.336. The summed E-state index contributed by atoms with van der Waals surface area (Å²) < 4.78 is 10.3. The SMILES string of the molecule is COc1cc(OC)cc(C(=O)NCCC(=O)Nc2nc3c(s2)C(=O)CC(C)(C)C3)c1. The van der Waals surface area contributed by atoms with Crippen LogP contribution in [0, 0.1) is 5.41 Å². The Morgan fingerprint density at radius 3 is 2.43 bits per heavy atom. The smallest absolute Gasteiger partial charge is 0.251 e. The molecule has 0 saturated heterocycles. The molecule has 0 saturated carbocycles. The Morgan fingerprint density at radius 2 is 1.80 bits per heavy atom. The van der Waals surface area contributed by atoms with Crippen LogP contribution in [0.25, 0.3) is 0 Å². The van der Waals surface area contributed by atoms with Crippen LogP contribution >= 0.6 is 11.3 Å². The highest BCUT2D eigenvalue weighted by Gasteiger charge is 2.34. The number of nitrogens with one attached hydrogen (secondary N) is 2. The molecule has 0 bridgehead atoms. The van der Waals surface area contributed by atoms with Gasteiger partial charge in [0.1, 0.15) is 11.5 Å². The number of aromatic nitrogens is 1. The highest BCUT2D eigenvalue weighted by atomic mass is 32.1. The van der Waals surface area contributed by atoms with Gasteiger partial charge in [-0.2, -0.15) is 0 Å². The molecule has 8 nitrogen and oxygen atoms in total. The number of ketones is 1. The molecule has 9 heteroatoms. The minimum Gasteiger partial charge on any atom is -0.497 e. The number of hydrogen-bond acceptors (Lipinski definition) is 7. The number of carbonyl (C=O) groups is 3. The Bertz CT molecular complexity index is 961. The summed E-state index contributed by atoms with van der Waals surface area (Å²) in [7, 11) is 3.01. The monoisotopic (exact) mass is 431 g/mol. The number of Topliss-reactive ketones (excluding diaryl/α,β-unsaturated/α-hetero) is 1. The second-order valence-electron chi connectivity index (χ2n) is 7.89. The molecule has 1 aliphatic carbocycles. The van der Waals surface area contributed by atoms with Crippen LogP contribution in [-0.4, -0.2) is 43.3 Å². The first kappa shape index (κ1) is 21.8. The summed E-state index contributed by atoms with van der Waals surface area (Å²) in [5, 5.41) is 5.84. The average molecular weight is 432 g/mol. The van der Waals surface area contributed by atoms with Crippen LogP contribution in [0.4, 0.5) is 5.13 Å². The van der Waals surface area contributed by atoms with Gasteiger partial charge in [0.2, 0.25) is 5.91 Å². The van der Waals surface area contributed by atoms with Crippen molar-refractivity contribution >= 4 is 34.1 Å². The van der Waals surface area contributed by atoms with E-state index in [2.05, 4.69) is 15.6 Å². The molecule has 0 radical (unpaired) electrons. The average Bonchev–Trinajstić information content (AvgIpc) is 3.08. The van der Waals surface area contributed by atoms with Gasteiger partial charge in [-0.15, -0.1) is 0 Å². The predicted octanol–water partition coefficient (Wildman–Crippen LogP) is 3.07. The largest absolute Gasteiger partial charge is 0.497 e. The number of fused-ring (bicyclic) bond motifs is 1. The fourth-order valence-corrected chi connectivity index (χ4v) is 4.22. The molecular formula is C21H25N3O5S. The van der Waals surface area contributed by atoms with Gasteiger partial charge in [-0.3, -0.25) is 14.4 Å². The maximum absolute atomic E-state index is 12.3. The molecule has 160 valence electrons. The van der Waals surface area contributed by atoms with Gasteiger partial charge in [-0.25, -0.2) is 4.98 Å². The van der Waals surface area contributed by atoms with Crippen LogP contribution in [0.15, 0.2) is 18.2 Å². The molecule has 2 aromatic rings. The van der Waals surface area contributed by atoms with Crippen molar-refractivity contribution in [1.82, 2.24) is 10.3 Å². The van der Waals surface area contributed by atoms with Crippen LogP contribution in [0.2, 0.25) is 0 Å². The van der Waals surface area contributed by atoms with E-state index in [1.807, 2.05) is 13.8 Å². The standard InChI is InChI=1S/C21H25N3O5S/c1-21(2)10-15-18(16(25)11-21)30-20(23-15)24-17(26)5-6-22-19(27)12-7-13(28-3)9-14(8-12)29-4/h7-9H,5-6,10-11H2,1-4H3,(H,22,27)(H,23,24,26). The molecule has 1 aliphatic rings. The van der Waals surface area contributed by atoms with Crippen molar-refractivity contribution in [2.45, 2.75) is 33.1 Å². The van der Waals surface area contributed by atoms with Crippen LogP contribution < -0.4 is 20.1 Å². The third-order valence-corrected chi connectivity index (χ3v) is 5.79. The number of anilines is 1. The zero-order valence-corrected chi connectivity index (χ0v) is 18.3. The number of carbonyl (C=O) groups excluding carboxylic acids is 3. The van der Waals surface area contributed by atoms with Crippen LogP contribution in [0.1, 0.15) is 52.4 Å². The first-order chi connectivity index (χ1) is 14.2. The van der Waals surface area contributed by atoms with Crippen molar-refractivity contribution in [2.75, 3.05) is 26.1 Å². The highest BCUT2D eigenvalue weighted by Crippen LogP contribution is 2.38. The van der Waals surface area contributed by atoms with Gasteiger partial charge < -0.3 is 20.1 Å². The van der Waals surface area contributed by atoms with Crippen molar-refractivity contribution in [3.63, 3.8) is 0 Å². The van der Waals surface area contributed by atoms with E-state index < -0.39 is 0 Å². The second-order valence-corrected chi connectivity index (χ2v) is 8.89. The molecular weight excluding hydrogens is 406 g/mol. The maximum atomic E-state index is 12.3. The van der Waals surface area contributed by atoms with Gasteiger partial charge in [0.25, 0.3) is 5.91 Å². The van der Waals surface area contributed by atoms with E-state index in [0.29, 0.717) is 39.9 Å². The summed E-state index contributed by atoms with van der Waals surface area (Å²) in [5.74, 6) is 0.458. The van der Waals surface area contributed by atoms with Crippen LogP contribution in [-0.2, 0) is 11.2 Å². The Morgan fingerprint density at radius 1 is 1.13 bits per heavy atom. The Labute approximate surface area is 179 Å². The number of hydrogen-bond donors (Lipinski definition) is 2. The number of ether oxygens (including phenoxy) is 2. The van der Waals surface area contributed by atoms with Crippen molar-refractivity contribution in [1.29, 1.82) is 0 Å². The molecule has 0 spiro atoms. The lowest BCUT2D eigenvalue weighted by molar-refractivity contribution is -0.116. The van der Waals surface area contributed by atoms with Gasteiger partial charge in [-0.05, 0) is 24.0 Å². The van der Waals surface area contributed by atoms with E-state index in [1.165, 1.54) is 25.6 Å². The first-order valence-corrected chi connectivity index (χ1v) is 10.4. The lowest BCUT2D eigenvalue weighted by Crippen LogP contribution is -2.27. The molecule has 2 N–H and O–H groups in total. The summed E-state index contributed by atoms with van der Waals surface area (Å²) in [4.78, 5) is 41.9. The lowest BCUT2D eigenvalue weighted by atomic mass is 9.78. The van der Waals surface area contributed by atoms with Gasteiger partial charge in [-0.1, -0.05) is 25.2 Å². The quantitative estimate of drug-likeness (QED) is 0.698. The van der Waals surface area contributed by atoms with E-state index in [9.17, 15) is 14.4 Å². The zero-order valence-electron chi connectivity index (χ0n) is 17.5. The number of amides is 2. The minimum absolute atomic E-state index is 0.0697. The molecule has 0 unspecified atom stereocenters. The fourth-order valence-electron chi connectivity index (χ4n) is 3.29. The van der Waals surface area contributed by atoms with Gasteiger partial charge in [0.15, 0.2) is 10.9 Å². The molecule has 1 heterocycles. The molecule has 0 atom stereocenters. The second kappa shape index (κ2) is 8.83. The number of methoxy groups -OCH3 is 2. The zero-order chi connectivity index (χ0) is 21.9. The number of thiazole rings is 1. The summed E-state index contributed by atoms with van der Waals surface area (Å²) in [6.45, 7) is 4.22. The predicted molar refractivity (Wildman–Crippen MR) is 114 cm³/mol. The van der Waals surface area contributed by atoms with Gasteiger partial charge in [0, 0.05) is 31.0 Å². The molecule has 2 amide bonds. The van der Waals surface area contributed by atoms with Crippen LogP contribution in [0.3, 0.4) is 0 Å². The van der Waals surface area contributed by atoms with E-state index in [4.69, 9.17) is 9.47 Å². The van der Waals surface area contributed by atoms with Crippen LogP contribution in [0.5, 0.6) is 11.5 Å². The summed E-state index contributed by atoms with van der Waals surface area (Å²) in [6.07, 6.45) is 1.27. The molecule has 0 fully saturated rings. The fraction of sp³-hybridized carbons (Fsp3) is 0.429. The Balaban J connectivity index is 1.54. The lowest BCUT2D eigenvalue weighted by Gasteiger charge is -2.26. The van der Waals surface area contributed by atoms with E-state index in [0.717, 1.165) is 5.69 Å².